The lowest BCUT2D eigenvalue weighted by Crippen LogP contribution is -2.25. The van der Waals surface area contributed by atoms with Crippen molar-refractivity contribution in [2.24, 2.45) is 0 Å². The Morgan fingerprint density at radius 2 is 2.03 bits per heavy atom. The van der Waals surface area contributed by atoms with Crippen LogP contribution in [0.4, 0.5) is 0 Å². The Balaban J connectivity index is 1.74. The number of ether oxygens (including phenoxy) is 2. The van der Waals surface area contributed by atoms with E-state index in [2.05, 4.69) is 5.10 Å². The van der Waals surface area contributed by atoms with Gasteiger partial charge >= 0.3 is 0 Å². The third-order valence-electron chi connectivity index (χ3n) is 5.64. The lowest BCUT2D eigenvalue weighted by molar-refractivity contribution is -0.125. The van der Waals surface area contributed by atoms with Gasteiger partial charge in [-0.1, -0.05) is 0 Å². The van der Waals surface area contributed by atoms with Gasteiger partial charge in [-0.3, -0.25) is 9.48 Å². The topological polar surface area (TPSA) is 90.7 Å². The maximum absolute atomic E-state index is 12.7. The van der Waals surface area contributed by atoms with E-state index in [1.165, 1.54) is 6.08 Å². The predicted octanol–water partition coefficient (Wildman–Crippen LogP) is 2.55. The minimum Gasteiger partial charge on any atom is -0.497 e. The van der Waals surface area contributed by atoms with Crippen LogP contribution in [-0.2, 0) is 21.2 Å². The first-order valence-electron chi connectivity index (χ1n) is 10.1. The lowest BCUT2D eigenvalue weighted by Gasteiger charge is -2.16. The highest BCUT2D eigenvalue weighted by molar-refractivity contribution is 7.91. The number of carbonyl (C=O) groups excluding carboxylic acids is 1. The van der Waals surface area contributed by atoms with Gasteiger partial charge in [-0.05, 0) is 44.5 Å². The average molecular weight is 448 g/mol. The maximum atomic E-state index is 12.7. The number of sulfone groups is 1. The van der Waals surface area contributed by atoms with Gasteiger partial charge in [-0.15, -0.1) is 0 Å². The summed E-state index contributed by atoms with van der Waals surface area (Å²) in [6.45, 7) is 4.20. The summed E-state index contributed by atoms with van der Waals surface area (Å²) in [5, 5.41) is 4.57. The van der Waals surface area contributed by atoms with Gasteiger partial charge in [0.1, 0.15) is 11.5 Å². The molecule has 1 aliphatic rings. The van der Waals surface area contributed by atoms with Crippen molar-refractivity contribution in [2.45, 2.75) is 32.9 Å². The minimum absolute atomic E-state index is 0.119. The standard InChI is InChI=1S/C22H29N3O5S/c1-15-20(16(2)25(23-15)18-10-11-31(27,28)14-18)13-24(3)22(26)9-6-17-12-19(29-4)7-8-21(17)30-5/h6-9,12,18H,10-11,13-14H2,1-5H3/b9-6+. The molecular weight excluding hydrogens is 418 g/mol. The Morgan fingerprint density at radius 1 is 1.29 bits per heavy atom. The zero-order valence-electron chi connectivity index (χ0n) is 18.6. The number of aromatic nitrogens is 2. The van der Waals surface area contributed by atoms with Crippen molar-refractivity contribution in [1.29, 1.82) is 0 Å². The number of amides is 1. The molecule has 1 fully saturated rings. The highest BCUT2D eigenvalue weighted by Gasteiger charge is 2.31. The van der Waals surface area contributed by atoms with Gasteiger partial charge in [-0.2, -0.15) is 5.10 Å². The Kier molecular flexibility index (Phi) is 6.74. The lowest BCUT2D eigenvalue weighted by atomic mass is 10.1. The van der Waals surface area contributed by atoms with Crippen LogP contribution in [0.1, 0.15) is 35.0 Å². The van der Waals surface area contributed by atoms with Gasteiger partial charge < -0.3 is 14.4 Å². The molecule has 0 saturated carbocycles. The Hall–Kier alpha value is -2.81. The monoisotopic (exact) mass is 447 g/mol. The zero-order valence-corrected chi connectivity index (χ0v) is 19.4. The molecule has 0 N–H and O–H groups in total. The summed E-state index contributed by atoms with van der Waals surface area (Å²) in [6, 6.07) is 5.25. The van der Waals surface area contributed by atoms with Crippen LogP contribution in [0.3, 0.4) is 0 Å². The molecule has 0 spiro atoms. The van der Waals surface area contributed by atoms with Crippen LogP contribution < -0.4 is 9.47 Å². The molecule has 1 aliphatic heterocycles. The molecule has 0 bridgehead atoms. The maximum Gasteiger partial charge on any atom is 0.246 e. The molecule has 2 heterocycles. The van der Waals surface area contributed by atoms with Gasteiger partial charge in [0, 0.05) is 36.5 Å². The number of methoxy groups -OCH3 is 2. The third-order valence-corrected chi connectivity index (χ3v) is 7.39. The fraction of sp³-hybridized carbons (Fsp3) is 0.455. The number of carbonyl (C=O) groups is 1. The van der Waals surface area contributed by atoms with Crippen molar-refractivity contribution in [2.75, 3.05) is 32.8 Å². The van der Waals surface area contributed by atoms with Crippen LogP contribution in [0.5, 0.6) is 11.5 Å². The van der Waals surface area contributed by atoms with E-state index < -0.39 is 9.84 Å². The summed E-state index contributed by atoms with van der Waals surface area (Å²) in [6.07, 6.45) is 3.77. The second kappa shape index (κ2) is 9.13. The van der Waals surface area contributed by atoms with Crippen LogP contribution in [0, 0.1) is 13.8 Å². The van der Waals surface area contributed by atoms with E-state index in [1.54, 1.807) is 50.4 Å². The number of hydrogen-bond donors (Lipinski definition) is 0. The molecule has 1 atom stereocenters. The molecule has 1 aromatic heterocycles. The molecule has 3 rings (SSSR count). The van der Waals surface area contributed by atoms with E-state index in [0.717, 1.165) is 22.5 Å². The number of hydrogen-bond acceptors (Lipinski definition) is 6. The largest absolute Gasteiger partial charge is 0.497 e. The van der Waals surface area contributed by atoms with Crippen molar-refractivity contribution in [3.8, 4) is 11.5 Å². The molecule has 1 saturated heterocycles. The smallest absolute Gasteiger partial charge is 0.246 e. The summed E-state index contributed by atoms with van der Waals surface area (Å²) in [5.41, 5.74) is 3.39. The average Bonchev–Trinajstić information content (AvgIpc) is 3.24. The van der Waals surface area contributed by atoms with E-state index in [-0.39, 0.29) is 23.5 Å². The summed E-state index contributed by atoms with van der Waals surface area (Å²) < 4.78 is 36.1. The van der Waals surface area contributed by atoms with Crippen LogP contribution in [0.2, 0.25) is 0 Å². The first-order chi connectivity index (χ1) is 14.6. The molecule has 8 nitrogen and oxygen atoms in total. The Bertz CT molecular complexity index is 1100. The summed E-state index contributed by atoms with van der Waals surface area (Å²) in [7, 11) is 1.89. The normalized spacial score (nSPS) is 17.8. The van der Waals surface area contributed by atoms with E-state index >= 15 is 0 Å². The molecule has 9 heteroatoms. The minimum atomic E-state index is -3.00. The predicted molar refractivity (Wildman–Crippen MR) is 119 cm³/mol. The van der Waals surface area contributed by atoms with Gasteiger partial charge in [-0.25, -0.2) is 8.42 Å². The van der Waals surface area contributed by atoms with Crippen molar-refractivity contribution in [3.05, 3.63) is 46.8 Å². The van der Waals surface area contributed by atoms with Crippen molar-refractivity contribution >= 4 is 21.8 Å². The number of rotatable bonds is 7. The molecule has 168 valence electrons. The van der Waals surface area contributed by atoms with Gasteiger partial charge in [0.25, 0.3) is 0 Å². The first kappa shape index (κ1) is 22.9. The molecule has 31 heavy (non-hydrogen) atoms. The summed E-state index contributed by atoms with van der Waals surface area (Å²) in [5.74, 6) is 1.47. The van der Waals surface area contributed by atoms with E-state index in [1.807, 2.05) is 18.5 Å². The highest BCUT2D eigenvalue weighted by atomic mass is 32.2. The second-order valence-corrected chi connectivity index (χ2v) is 10.0. The third kappa shape index (κ3) is 5.10. The number of aryl methyl sites for hydroxylation is 1. The highest BCUT2D eigenvalue weighted by Crippen LogP contribution is 2.28. The molecule has 2 aromatic rings. The van der Waals surface area contributed by atoms with Crippen LogP contribution in [-0.4, -0.2) is 61.8 Å². The molecule has 0 radical (unpaired) electrons. The van der Waals surface area contributed by atoms with E-state index in [0.29, 0.717) is 24.5 Å². The van der Waals surface area contributed by atoms with Crippen LogP contribution in [0.25, 0.3) is 6.08 Å². The number of likely N-dealkylation sites (N-methyl/N-ethyl adjacent to an activating group) is 1. The molecule has 1 aromatic carbocycles. The summed E-state index contributed by atoms with van der Waals surface area (Å²) in [4.78, 5) is 14.3. The van der Waals surface area contributed by atoms with Gasteiger partial charge in [0.05, 0.1) is 37.5 Å². The van der Waals surface area contributed by atoms with Crippen LogP contribution in [0.15, 0.2) is 24.3 Å². The van der Waals surface area contributed by atoms with Gasteiger partial charge in [0.2, 0.25) is 5.91 Å². The van der Waals surface area contributed by atoms with Crippen molar-refractivity contribution in [3.63, 3.8) is 0 Å². The molecule has 1 unspecified atom stereocenters. The quantitative estimate of drug-likeness (QED) is 0.606. The van der Waals surface area contributed by atoms with Crippen LogP contribution >= 0.6 is 0 Å². The van der Waals surface area contributed by atoms with Gasteiger partial charge in [0.15, 0.2) is 9.84 Å². The molecule has 1 amide bonds. The number of benzene rings is 1. The van der Waals surface area contributed by atoms with E-state index in [4.69, 9.17) is 9.47 Å². The van der Waals surface area contributed by atoms with E-state index in [9.17, 15) is 13.2 Å². The Labute approximate surface area is 183 Å². The molecule has 0 aliphatic carbocycles. The fourth-order valence-electron chi connectivity index (χ4n) is 3.82. The number of nitrogens with zero attached hydrogens (tertiary/aromatic N) is 3. The first-order valence-corrected chi connectivity index (χ1v) is 11.9. The summed E-state index contributed by atoms with van der Waals surface area (Å²) >= 11 is 0. The van der Waals surface area contributed by atoms with Crippen molar-refractivity contribution in [1.82, 2.24) is 14.7 Å². The Morgan fingerprint density at radius 3 is 2.65 bits per heavy atom. The fourth-order valence-corrected chi connectivity index (χ4v) is 5.51. The second-order valence-electron chi connectivity index (χ2n) is 7.79. The SMILES string of the molecule is COc1ccc(OC)c(/C=C/C(=O)N(C)Cc2c(C)nn(C3CCS(=O)(=O)C3)c2C)c1. The zero-order chi connectivity index (χ0) is 22.8. The molecular formula is C22H29N3O5S. The van der Waals surface area contributed by atoms with Crippen molar-refractivity contribution < 1.29 is 22.7 Å².